The van der Waals surface area contributed by atoms with E-state index in [0.29, 0.717) is 36.6 Å². The first-order valence-electron chi connectivity index (χ1n) is 12.1. The fourth-order valence-electron chi connectivity index (χ4n) is 5.66. The number of carbonyl (C=O) groups excluding carboxylic acids is 1. The Bertz CT molecular complexity index is 1010. The van der Waals surface area contributed by atoms with Gasteiger partial charge in [0.2, 0.25) is 11.9 Å². The van der Waals surface area contributed by atoms with Gasteiger partial charge in [-0.1, -0.05) is 31.0 Å². The molecule has 176 valence electrons. The Balaban J connectivity index is 1.34. The van der Waals surface area contributed by atoms with E-state index >= 15 is 0 Å². The van der Waals surface area contributed by atoms with E-state index < -0.39 is 0 Å². The zero-order valence-electron chi connectivity index (χ0n) is 19.4. The van der Waals surface area contributed by atoms with Crippen LogP contribution in [-0.2, 0) is 4.79 Å². The number of rotatable bonds is 4. The van der Waals surface area contributed by atoms with E-state index in [2.05, 4.69) is 15.8 Å². The summed E-state index contributed by atoms with van der Waals surface area (Å²) < 4.78 is 14.6. The molecule has 1 aromatic heterocycles. The van der Waals surface area contributed by atoms with E-state index in [0.717, 1.165) is 36.9 Å². The Labute approximate surface area is 194 Å². The molecule has 2 saturated heterocycles. The molecule has 0 spiro atoms. The molecule has 1 aromatic carbocycles. The summed E-state index contributed by atoms with van der Waals surface area (Å²) in [6.45, 7) is 1.38. The summed E-state index contributed by atoms with van der Waals surface area (Å²) in [7, 11) is 3.81. The Kier molecular flexibility index (Phi) is 6.29. The Morgan fingerprint density at radius 1 is 1.06 bits per heavy atom. The highest BCUT2D eigenvalue weighted by molar-refractivity contribution is 5.83. The minimum absolute atomic E-state index is 0.125. The van der Waals surface area contributed by atoms with Gasteiger partial charge in [-0.25, -0.2) is 19.8 Å². The van der Waals surface area contributed by atoms with E-state index in [-0.39, 0.29) is 23.7 Å². The van der Waals surface area contributed by atoms with Gasteiger partial charge in [-0.2, -0.15) is 0 Å². The average molecular weight is 453 g/mol. The van der Waals surface area contributed by atoms with Gasteiger partial charge in [0.05, 0.1) is 5.69 Å². The molecule has 33 heavy (non-hydrogen) atoms. The third-order valence-corrected chi connectivity index (χ3v) is 7.50. The van der Waals surface area contributed by atoms with Crippen LogP contribution in [0, 0.1) is 11.7 Å². The molecule has 5 rings (SSSR count). The quantitative estimate of drug-likeness (QED) is 0.743. The highest BCUT2D eigenvalue weighted by Gasteiger charge is 2.43. The zero-order chi connectivity index (χ0) is 22.9. The standard InChI is InChI=1S/C25H33FN6O/c1-31(2)25-27-15-19(17-7-3-5-9-20(17)26)22(28-25)16-11-13-32(14-12-16)24(33)23-18-8-4-6-10-21(18)29-30-23/h3,5,7,9,15-16,18,21,23,29-30H,4,6,8,10-14H2,1-2H3. The second-order valence-electron chi connectivity index (χ2n) is 9.76. The second-order valence-corrected chi connectivity index (χ2v) is 9.76. The predicted octanol–water partition coefficient (Wildman–Crippen LogP) is 3.09. The van der Waals surface area contributed by atoms with Crippen molar-refractivity contribution in [3.05, 3.63) is 42.0 Å². The molecule has 3 aliphatic rings. The van der Waals surface area contributed by atoms with Gasteiger partial charge in [0.25, 0.3) is 0 Å². The van der Waals surface area contributed by atoms with Crippen molar-refractivity contribution in [1.82, 2.24) is 25.7 Å². The molecular formula is C25H33FN6O. The summed E-state index contributed by atoms with van der Waals surface area (Å²) >= 11 is 0. The monoisotopic (exact) mass is 452 g/mol. The maximum Gasteiger partial charge on any atom is 0.241 e. The van der Waals surface area contributed by atoms with Crippen LogP contribution in [0.2, 0.25) is 0 Å². The first kappa shape index (κ1) is 22.2. The fourth-order valence-corrected chi connectivity index (χ4v) is 5.66. The van der Waals surface area contributed by atoms with Gasteiger partial charge in [-0.15, -0.1) is 0 Å². The second kappa shape index (κ2) is 9.35. The third kappa shape index (κ3) is 4.34. The SMILES string of the molecule is CN(C)c1ncc(-c2ccccc2F)c(C2CCN(C(=O)C3NNC4CCCCC43)CC2)n1. The number of halogens is 1. The van der Waals surface area contributed by atoms with Crippen molar-refractivity contribution >= 4 is 11.9 Å². The number of likely N-dealkylation sites (tertiary alicyclic amines) is 1. The minimum Gasteiger partial charge on any atom is -0.347 e. The van der Waals surface area contributed by atoms with Crippen LogP contribution in [0.15, 0.2) is 30.5 Å². The van der Waals surface area contributed by atoms with E-state index in [1.54, 1.807) is 18.3 Å². The van der Waals surface area contributed by atoms with E-state index in [1.807, 2.05) is 30.0 Å². The first-order valence-corrected chi connectivity index (χ1v) is 12.1. The van der Waals surface area contributed by atoms with E-state index in [9.17, 15) is 9.18 Å². The maximum atomic E-state index is 14.6. The van der Waals surface area contributed by atoms with Crippen molar-refractivity contribution in [3.8, 4) is 11.1 Å². The van der Waals surface area contributed by atoms with Gasteiger partial charge < -0.3 is 9.80 Å². The number of anilines is 1. The number of piperidine rings is 1. The molecule has 0 bridgehead atoms. The molecule has 1 saturated carbocycles. The smallest absolute Gasteiger partial charge is 0.241 e. The predicted molar refractivity (Wildman–Crippen MR) is 126 cm³/mol. The van der Waals surface area contributed by atoms with Crippen LogP contribution >= 0.6 is 0 Å². The molecular weight excluding hydrogens is 419 g/mol. The Morgan fingerprint density at radius 3 is 2.58 bits per heavy atom. The number of carbonyl (C=O) groups is 1. The van der Waals surface area contributed by atoms with Crippen molar-refractivity contribution in [2.45, 2.75) is 56.5 Å². The number of aromatic nitrogens is 2. The van der Waals surface area contributed by atoms with Crippen molar-refractivity contribution < 1.29 is 9.18 Å². The lowest BCUT2D eigenvalue weighted by Gasteiger charge is -2.35. The summed E-state index contributed by atoms with van der Waals surface area (Å²) in [6, 6.07) is 7.08. The molecule has 7 nitrogen and oxygen atoms in total. The summed E-state index contributed by atoms with van der Waals surface area (Å²) in [5, 5.41) is 0. The maximum absolute atomic E-state index is 14.6. The normalized spacial score (nSPS) is 25.7. The Hall–Kier alpha value is -2.58. The van der Waals surface area contributed by atoms with E-state index in [4.69, 9.17) is 4.98 Å². The number of fused-ring (bicyclic) bond motifs is 1. The van der Waals surface area contributed by atoms with Crippen LogP contribution in [-0.4, -0.2) is 60.0 Å². The van der Waals surface area contributed by atoms with Crippen LogP contribution in [0.25, 0.3) is 11.1 Å². The third-order valence-electron chi connectivity index (χ3n) is 7.50. The number of hydrogen-bond donors (Lipinski definition) is 2. The van der Waals surface area contributed by atoms with E-state index in [1.165, 1.54) is 18.9 Å². The zero-order valence-corrected chi connectivity index (χ0v) is 19.4. The highest BCUT2D eigenvalue weighted by Crippen LogP contribution is 2.37. The number of hydrazine groups is 1. The molecule has 2 aliphatic heterocycles. The van der Waals surface area contributed by atoms with Crippen molar-refractivity contribution in [3.63, 3.8) is 0 Å². The van der Waals surface area contributed by atoms with Crippen LogP contribution in [0.1, 0.15) is 50.1 Å². The van der Waals surface area contributed by atoms with Crippen LogP contribution in [0.4, 0.5) is 10.3 Å². The molecule has 3 unspecified atom stereocenters. The highest BCUT2D eigenvalue weighted by atomic mass is 19.1. The van der Waals surface area contributed by atoms with Crippen molar-refractivity contribution in [1.29, 1.82) is 0 Å². The van der Waals surface area contributed by atoms with Gasteiger partial charge in [-0.3, -0.25) is 10.2 Å². The van der Waals surface area contributed by atoms with Gasteiger partial charge in [-0.05, 0) is 31.7 Å². The number of amides is 1. The number of nitrogens with one attached hydrogen (secondary N) is 2. The lowest BCUT2D eigenvalue weighted by Crippen LogP contribution is -2.50. The lowest BCUT2D eigenvalue weighted by molar-refractivity contribution is -0.135. The molecule has 3 atom stereocenters. The number of benzene rings is 1. The summed E-state index contributed by atoms with van der Waals surface area (Å²) in [5.74, 6) is 1.10. The van der Waals surface area contributed by atoms with Crippen molar-refractivity contribution in [2.24, 2.45) is 5.92 Å². The molecule has 3 heterocycles. The van der Waals surface area contributed by atoms with Crippen LogP contribution in [0.5, 0.6) is 0 Å². The lowest BCUT2D eigenvalue weighted by atomic mass is 9.81. The molecule has 1 aliphatic carbocycles. The number of hydrogen-bond acceptors (Lipinski definition) is 6. The molecule has 2 N–H and O–H groups in total. The topological polar surface area (TPSA) is 73.4 Å². The molecule has 3 fully saturated rings. The largest absolute Gasteiger partial charge is 0.347 e. The minimum atomic E-state index is -0.269. The molecule has 8 heteroatoms. The van der Waals surface area contributed by atoms with Crippen LogP contribution < -0.4 is 15.8 Å². The van der Waals surface area contributed by atoms with Gasteiger partial charge >= 0.3 is 0 Å². The fraction of sp³-hybridized carbons (Fsp3) is 0.560. The summed E-state index contributed by atoms with van der Waals surface area (Å²) in [6.07, 6.45) is 8.06. The Morgan fingerprint density at radius 2 is 1.82 bits per heavy atom. The van der Waals surface area contributed by atoms with Gasteiger partial charge in [0.1, 0.15) is 11.9 Å². The van der Waals surface area contributed by atoms with Crippen LogP contribution in [0.3, 0.4) is 0 Å². The molecule has 1 amide bonds. The average Bonchev–Trinajstić information content (AvgIpc) is 3.28. The number of nitrogens with zero attached hydrogens (tertiary/aromatic N) is 4. The molecule has 2 aromatic rings. The van der Waals surface area contributed by atoms with Gasteiger partial charge in [0, 0.05) is 62.4 Å². The molecule has 0 radical (unpaired) electrons. The van der Waals surface area contributed by atoms with Crippen molar-refractivity contribution in [2.75, 3.05) is 32.1 Å². The first-order chi connectivity index (χ1) is 16.0. The summed E-state index contributed by atoms with van der Waals surface area (Å²) in [4.78, 5) is 26.5. The summed E-state index contributed by atoms with van der Waals surface area (Å²) in [5.41, 5.74) is 8.79. The van der Waals surface area contributed by atoms with Gasteiger partial charge in [0.15, 0.2) is 0 Å².